The van der Waals surface area contributed by atoms with E-state index in [4.69, 9.17) is 21.1 Å². The minimum absolute atomic E-state index is 0.0917. The summed E-state index contributed by atoms with van der Waals surface area (Å²) in [6.07, 6.45) is 4.29. The van der Waals surface area contributed by atoms with Gasteiger partial charge in [-0.3, -0.25) is 4.90 Å². The molecule has 3 aliphatic rings. The lowest BCUT2D eigenvalue weighted by Gasteiger charge is -2.38. The van der Waals surface area contributed by atoms with Crippen molar-refractivity contribution < 1.29 is 17.9 Å². The van der Waals surface area contributed by atoms with Crippen LogP contribution < -0.4 is 4.74 Å². The highest BCUT2D eigenvalue weighted by Gasteiger charge is 2.36. The number of hydrogen-bond donors (Lipinski definition) is 0. The van der Waals surface area contributed by atoms with Crippen molar-refractivity contribution in [2.75, 3.05) is 53.0 Å². The fourth-order valence-electron chi connectivity index (χ4n) is 4.48. The fraction of sp³-hybridized carbons (Fsp3) is 0.714. The lowest BCUT2D eigenvalue weighted by molar-refractivity contribution is 0.0532. The van der Waals surface area contributed by atoms with E-state index in [0.717, 1.165) is 43.8 Å². The van der Waals surface area contributed by atoms with Gasteiger partial charge in [0.05, 0.1) is 24.3 Å². The van der Waals surface area contributed by atoms with Gasteiger partial charge in [0.25, 0.3) is 10.2 Å². The van der Waals surface area contributed by atoms with Crippen LogP contribution in [-0.2, 0) is 21.5 Å². The Kier molecular flexibility index (Phi) is 7.22. The molecule has 0 atom stereocenters. The molecule has 1 saturated carbocycles. The van der Waals surface area contributed by atoms with Gasteiger partial charge < -0.3 is 9.47 Å². The van der Waals surface area contributed by atoms with Crippen LogP contribution in [0.1, 0.15) is 31.2 Å². The van der Waals surface area contributed by atoms with Crippen molar-refractivity contribution in [3.8, 4) is 5.75 Å². The minimum atomic E-state index is -3.41. The van der Waals surface area contributed by atoms with Crippen molar-refractivity contribution >= 4 is 21.8 Å². The van der Waals surface area contributed by atoms with Gasteiger partial charge in [0, 0.05) is 33.2 Å². The normalized spacial score (nSPS) is 26.1. The molecule has 0 amide bonds. The fourth-order valence-corrected chi connectivity index (χ4v) is 6.12. The maximum atomic E-state index is 12.7. The second-order valence-corrected chi connectivity index (χ2v) is 11.0. The molecule has 0 radical (unpaired) electrons. The van der Waals surface area contributed by atoms with Gasteiger partial charge in [-0.05, 0) is 56.3 Å². The van der Waals surface area contributed by atoms with E-state index in [1.807, 2.05) is 12.1 Å². The molecule has 1 aromatic rings. The van der Waals surface area contributed by atoms with Gasteiger partial charge in [-0.15, -0.1) is 0 Å². The van der Waals surface area contributed by atoms with Crippen LogP contribution >= 0.6 is 11.6 Å². The van der Waals surface area contributed by atoms with Gasteiger partial charge in [0.2, 0.25) is 0 Å². The molecular formula is C21H32ClN3O4S. The highest BCUT2D eigenvalue weighted by atomic mass is 35.5. The van der Waals surface area contributed by atoms with Crippen LogP contribution in [0.4, 0.5) is 0 Å². The third-order valence-corrected chi connectivity index (χ3v) is 8.71. The second-order valence-electron chi connectivity index (χ2n) is 8.59. The van der Waals surface area contributed by atoms with Gasteiger partial charge in [-0.1, -0.05) is 23.7 Å². The Morgan fingerprint density at radius 3 is 2.57 bits per heavy atom. The topological polar surface area (TPSA) is 62.3 Å². The first-order valence-corrected chi connectivity index (χ1v) is 12.7. The Labute approximate surface area is 185 Å². The molecule has 2 aliphatic heterocycles. The van der Waals surface area contributed by atoms with Crippen LogP contribution in [0.25, 0.3) is 0 Å². The number of rotatable bonds is 8. The summed E-state index contributed by atoms with van der Waals surface area (Å²) in [5.74, 6) is 1.05. The molecule has 2 saturated heterocycles. The summed E-state index contributed by atoms with van der Waals surface area (Å²) in [5.41, 5.74) is 1.11. The lowest BCUT2D eigenvalue weighted by Crippen LogP contribution is -2.50. The van der Waals surface area contributed by atoms with Crippen LogP contribution in [0, 0.1) is 5.92 Å². The first-order valence-electron chi connectivity index (χ1n) is 10.9. The van der Waals surface area contributed by atoms with Gasteiger partial charge in [-0.25, -0.2) is 0 Å². The van der Waals surface area contributed by atoms with Crippen LogP contribution in [0.15, 0.2) is 18.2 Å². The molecule has 1 aliphatic carbocycles. The van der Waals surface area contributed by atoms with E-state index in [9.17, 15) is 8.42 Å². The predicted molar refractivity (Wildman–Crippen MR) is 117 cm³/mol. The Hall–Kier alpha value is -0.900. The molecule has 0 bridgehead atoms. The van der Waals surface area contributed by atoms with Crippen LogP contribution in [-0.4, -0.2) is 81.0 Å². The molecule has 30 heavy (non-hydrogen) atoms. The van der Waals surface area contributed by atoms with Crippen molar-refractivity contribution in [3.05, 3.63) is 28.8 Å². The van der Waals surface area contributed by atoms with E-state index in [0.29, 0.717) is 43.8 Å². The average Bonchev–Trinajstić information content (AvgIpc) is 3.22. The summed E-state index contributed by atoms with van der Waals surface area (Å²) in [7, 11) is -1.75. The number of hydrogen-bond acceptors (Lipinski definition) is 5. The zero-order valence-corrected chi connectivity index (χ0v) is 19.2. The van der Waals surface area contributed by atoms with Crippen molar-refractivity contribution in [1.82, 2.24) is 13.5 Å². The third-order valence-electron chi connectivity index (χ3n) is 6.33. The first kappa shape index (κ1) is 22.3. The van der Waals surface area contributed by atoms with E-state index in [1.165, 1.54) is 21.5 Å². The summed E-state index contributed by atoms with van der Waals surface area (Å²) in [6, 6.07) is 6.01. The average molecular weight is 458 g/mol. The van der Waals surface area contributed by atoms with Crippen molar-refractivity contribution in [2.45, 2.75) is 38.3 Å². The minimum Gasteiger partial charge on any atom is -0.489 e. The molecule has 3 fully saturated rings. The standard InChI is InChI=1S/C21H32ClN3O4S/c1-23(30(26,27)25-9-11-28-12-10-25)15-17-13-19(14-17)29-20-6-4-5-18(21(20)22)16-24-7-2-3-8-24/h4-6,17,19H,2-3,7-16H2,1H3. The molecule has 7 nitrogen and oxygen atoms in total. The molecule has 2 heterocycles. The molecular weight excluding hydrogens is 426 g/mol. The Morgan fingerprint density at radius 1 is 1.17 bits per heavy atom. The Balaban J connectivity index is 1.27. The van der Waals surface area contributed by atoms with Gasteiger partial charge >= 0.3 is 0 Å². The third kappa shape index (κ3) is 5.11. The van der Waals surface area contributed by atoms with E-state index in [1.54, 1.807) is 7.05 Å². The maximum absolute atomic E-state index is 12.7. The second kappa shape index (κ2) is 9.71. The molecule has 9 heteroatoms. The van der Waals surface area contributed by atoms with Gasteiger partial charge in [-0.2, -0.15) is 17.0 Å². The van der Waals surface area contributed by atoms with E-state index in [2.05, 4.69) is 11.0 Å². The summed E-state index contributed by atoms with van der Waals surface area (Å²) in [5, 5.41) is 0.708. The summed E-state index contributed by atoms with van der Waals surface area (Å²) >= 11 is 6.62. The zero-order valence-electron chi connectivity index (χ0n) is 17.6. The van der Waals surface area contributed by atoms with Crippen LogP contribution in [0.2, 0.25) is 5.02 Å². The molecule has 0 aromatic heterocycles. The smallest absolute Gasteiger partial charge is 0.281 e. The highest BCUT2D eigenvalue weighted by Crippen LogP contribution is 2.36. The maximum Gasteiger partial charge on any atom is 0.281 e. The van der Waals surface area contributed by atoms with Crippen molar-refractivity contribution in [1.29, 1.82) is 0 Å². The van der Waals surface area contributed by atoms with E-state index >= 15 is 0 Å². The lowest BCUT2D eigenvalue weighted by atomic mass is 9.82. The number of nitrogens with zero attached hydrogens (tertiary/aromatic N) is 3. The zero-order chi connectivity index (χ0) is 21.1. The molecule has 168 valence electrons. The van der Waals surface area contributed by atoms with Gasteiger partial charge in [0.1, 0.15) is 5.75 Å². The number of benzene rings is 1. The monoisotopic (exact) mass is 457 g/mol. The summed E-state index contributed by atoms with van der Waals surface area (Å²) in [4.78, 5) is 2.43. The molecule has 4 rings (SSSR count). The number of morpholine rings is 1. The van der Waals surface area contributed by atoms with Gasteiger partial charge in [0.15, 0.2) is 0 Å². The van der Waals surface area contributed by atoms with E-state index < -0.39 is 10.2 Å². The predicted octanol–water partition coefficient (Wildman–Crippen LogP) is 2.60. The Bertz CT molecular complexity index is 820. The molecule has 1 aromatic carbocycles. The van der Waals surface area contributed by atoms with Crippen molar-refractivity contribution in [2.24, 2.45) is 5.92 Å². The molecule has 0 N–H and O–H groups in total. The van der Waals surface area contributed by atoms with Crippen molar-refractivity contribution in [3.63, 3.8) is 0 Å². The number of likely N-dealkylation sites (tertiary alicyclic amines) is 1. The summed E-state index contributed by atoms with van der Waals surface area (Å²) in [6.45, 7) is 5.42. The van der Waals surface area contributed by atoms with Crippen LogP contribution in [0.3, 0.4) is 0 Å². The van der Waals surface area contributed by atoms with Crippen LogP contribution in [0.5, 0.6) is 5.75 Å². The Morgan fingerprint density at radius 2 is 1.87 bits per heavy atom. The largest absolute Gasteiger partial charge is 0.489 e. The number of ether oxygens (including phenoxy) is 2. The van der Waals surface area contributed by atoms with E-state index in [-0.39, 0.29) is 6.10 Å². The molecule has 0 spiro atoms. The highest BCUT2D eigenvalue weighted by molar-refractivity contribution is 7.86. The quantitative estimate of drug-likeness (QED) is 0.600. The SMILES string of the molecule is CN(CC1CC(Oc2cccc(CN3CCCC3)c2Cl)C1)S(=O)(=O)N1CCOCC1. The number of halogens is 1. The first-order chi connectivity index (χ1) is 14.4. The molecule has 0 unspecified atom stereocenters. The summed E-state index contributed by atoms with van der Waals surface area (Å²) < 4.78 is 39.8.